The van der Waals surface area contributed by atoms with Crippen molar-refractivity contribution in [3.8, 4) is 22.8 Å². The van der Waals surface area contributed by atoms with Crippen LogP contribution in [-0.2, 0) is 9.53 Å². The van der Waals surface area contributed by atoms with Crippen molar-refractivity contribution >= 4 is 29.4 Å². The van der Waals surface area contributed by atoms with Gasteiger partial charge in [-0.25, -0.2) is 14.6 Å². The highest BCUT2D eigenvalue weighted by Crippen LogP contribution is 2.38. The number of benzene rings is 2. The fourth-order valence-electron chi connectivity index (χ4n) is 4.73. The Hall–Kier alpha value is -4.90. The lowest BCUT2D eigenvalue weighted by Gasteiger charge is -2.26. The van der Waals surface area contributed by atoms with E-state index in [0.717, 1.165) is 11.3 Å². The zero-order chi connectivity index (χ0) is 29.3. The highest BCUT2D eigenvalue weighted by atomic mass is 32.1. The number of furan rings is 1. The Morgan fingerprint density at radius 3 is 2.61 bits per heavy atom. The highest BCUT2D eigenvalue weighted by molar-refractivity contribution is 7.07. The van der Waals surface area contributed by atoms with Crippen LogP contribution >= 0.6 is 11.3 Å². The van der Waals surface area contributed by atoms with Gasteiger partial charge in [0, 0.05) is 17.2 Å². The van der Waals surface area contributed by atoms with Gasteiger partial charge in [0.25, 0.3) is 5.56 Å². The monoisotopic (exact) mass is 574 g/mol. The summed E-state index contributed by atoms with van der Waals surface area (Å²) in [6, 6.07) is 14.1. The zero-order valence-corrected chi connectivity index (χ0v) is 23.5. The fourth-order valence-corrected chi connectivity index (χ4v) is 5.75. The number of carbonyl (C=O) groups excluding carboxylic acids is 1. The number of carboxylic acids is 1. The first-order chi connectivity index (χ1) is 19.8. The quantitative estimate of drug-likeness (QED) is 0.315. The predicted octanol–water partition coefficient (Wildman–Crippen LogP) is 3.77. The van der Waals surface area contributed by atoms with E-state index in [1.165, 1.54) is 24.9 Å². The van der Waals surface area contributed by atoms with Gasteiger partial charge >= 0.3 is 11.9 Å². The number of esters is 1. The van der Waals surface area contributed by atoms with Crippen LogP contribution in [-0.4, -0.2) is 42.4 Å². The summed E-state index contributed by atoms with van der Waals surface area (Å²) in [7, 11) is 3.03. The van der Waals surface area contributed by atoms with Crippen molar-refractivity contribution in [3.63, 3.8) is 0 Å². The van der Waals surface area contributed by atoms with E-state index in [-0.39, 0.29) is 17.7 Å². The second-order valence-electron chi connectivity index (χ2n) is 8.96. The van der Waals surface area contributed by atoms with Gasteiger partial charge in [-0.3, -0.25) is 9.36 Å². The molecule has 10 nitrogen and oxygen atoms in total. The van der Waals surface area contributed by atoms with Gasteiger partial charge in [0.05, 0.1) is 42.2 Å². The molecule has 2 aromatic carbocycles. The molecule has 0 spiro atoms. The smallest absolute Gasteiger partial charge is 0.338 e. The third-order valence-electron chi connectivity index (χ3n) is 6.57. The normalized spacial score (nSPS) is 14.8. The topological polar surface area (TPSA) is 130 Å². The molecule has 0 saturated heterocycles. The first kappa shape index (κ1) is 27.7. The van der Waals surface area contributed by atoms with Gasteiger partial charge in [-0.1, -0.05) is 29.5 Å². The molecule has 1 N–H and O–H groups in total. The second kappa shape index (κ2) is 11.3. The summed E-state index contributed by atoms with van der Waals surface area (Å²) >= 11 is 1.14. The molecule has 5 rings (SSSR count). The first-order valence-corrected chi connectivity index (χ1v) is 13.4. The molecule has 11 heteroatoms. The van der Waals surface area contributed by atoms with Crippen LogP contribution in [0.2, 0.25) is 0 Å². The number of ether oxygens (including phenoxy) is 3. The lowest BCUT2D eigenvalue weighted by atomic mass is 9.95. The molecule has 41 heavy (non-hydrogen) atoms. The molecule has 1 aliphatic rings. The van der Waals surface area contributed by atoms with E-state index >= 15 is 0 Å². The minimum Gasteiger partial charge on any atom is -0.497 e. The summed E-state index contributed by atoms with van der Waals surface area (Å²) in [6.07, 6.45) is 1.57. The maximum absolute atomic E-state index is 13.9. The number of rotatable bonds is 8. The molecule has 0 bridgehead atoms. The van der Waals surface area contributed by atoms with Crippen molar-refractivity contribution in [2.75, 3.05) is 20.8 Å². The van der Waals surface area contributed by atoms with Crippen molar-refractivity contribution < 1.29 is 33.3 Å². The zero-order valence-electron chi connectivity index (χ0n) is 22.7. The number of fused-ring (bicyclic) bond motifs is 1. The van der Waals surface area contributed by atoms with Crippen LogP contribution in [0, 0.1) is 0 Å². The number of aromatic carboxylic acids is 1. The van der Waals surface area contributed by atoms with Crippen molar-refractivity contribution in [3.05, 3.63) is 102 Å². The van der Waals surface area contributed by atoms with Crippen molar-refractivity contribution in [1.82, 2.24) is 4.57 Å². The van der Waals surface area contributed by atoms with Gasteiger partial charge in [-0.15, -0.1) is 0 Å². The Kier molecular flexibility index (Phi) is 7.62. The Balaban J connectivity index is 1.69. The Morgan fingerprint density at radius 1 is 1.12 bits per heavy atom. The standard InChI is InChI=1S/C30H26N2O8S/c1-5-39-29(36)25-16(2)31-30-32(26(25)21-14-17(37-3)10-12-22(21)38-4)27(33)24(41-30)15-18-11-13-23(40-18)19-8-6-7-9-20(19)28(34)35/h6-15,26H,5H2,1-4H3,(H,34,35)/b24-15+. The van der Waals surface area contributed by atoms with Gasteiger partial charge in [0.2, 0.25) is 0 Å². The summed E-state index contributed by atoms with van der Waals surface area (Å²) in [5.74, 6) is 0.00207. The van der Waals surface area contributed by atoms with Crippen LogP contribution in [0.25, 0.3) is 17.4 Å². The average Bonchev–Trinajstić information content (AvgIpc) is 3.56. The number of thiazole rings is 1. The summed E-state index contributed by atoms with van der Waals surface area (Å²) in [5, 5.41) is 9.55. The predicted molar refractivity (Wildman–Crippen MR) is 151 cm³/mol. The maximum Gasteiger partial charge on any atom is 0.338 e. The highest BCUT2D eigenvalue weighted by Gasteiger charge is 2.35. The molecule has 0 radical (unpaired) electrons. The van der Waals surface area contributed by atoms with Crippen LogP contribution in [0.4, 0.5) is 0 Å². The van der Waals surface area contributed by atoms with Crippen LogP contribution in [0.1, 0.15) is 41.6 Å². The summed E-state index contributed by atoms with van der Waals surface area (Å²) in [5.41, 5.74) is 1.27. The molecule has 1 aliphatic heterocycles. The van der Waals surface area contributed by atoms with E-state index in [1.807, 2.05) is 0 Å². The number of allylic oxidation sites excluding steroid dienone is 1. The third-order valence-corrected chi connectivity index (χ3v) is 7.55. The SMILES string of the molecule is CCOC(=O)C1=C(C)N=c2s/c(=C/c3ccc(-c4ccccc4C(=O)O)o3)c(=O)n2C1c1cc(OC)ccc1OC. The summed E-state index contributed by atoms with van der Waals surface area (Å²) < 4.78 is 24.1. The lowest BCUT2D eigenvalue weighted by molar-refractivity contribution is -0.139. The fraction of sp³-hybridized carbons (Fsp3) is 0.200. The Bertz CT molecular complexity index is 1880. The molecule has 210 valence electrons. The summed E-state index contributed by atoms with van der Waals surface area (Å²) in [6.45, 7) is 3.55. The number of carbonyl (C=O) groups is 2. The molecular formula is C30H26N2O8S. The maximum atomic E-state index is 13.9. The van der Waals surface area contributed by atoms with E-state index in [0.29, 0.717) is 49.2 Å². The van der Waals surface area contributed by atoms with Gasteiger partial charge < -0.3 is 23.7 Å². The van der Waals surface area contributed by atoms with Gasteiger partial charge in [0.1, 0.15) is 29.1 Å². The largest absolute Gasteiger partial charge is 0.497 e. The number of hydrogen-bond acceptors (Lipinski definition) is 9. The number of hydrogen-bond donors (Lipinski definition) is 1. The molecule has 2 aromatic heterocycles. The second-order valence-corrected chi connectivity index (χ2v) is 9.97. The van der Waals surface area contributed by atoms with Crippen LogP contribution in [0.15, 0.2) is 80.1 Å². The molecule has 0 fully saturated rings. The molecule has 0 amide bonds. The summed E-state index contributed by atoms with van der Waals surface area (Å²) in [4.78, 5) is 43.7. The molecule has 4 aromatic rings. The van der Waals surface area contributed by atoms with Crippen LogP contribution in [0.5, 0.6) is 11.5 Å². The van der Waals surface area contributed by atoms with Crippen LogP contribution < -0.4 is 24.4 Å². The van der Waals surface area contributed by atoms with Crippen molar-refractivity contribution in [2.24, 2.45) is 4.99 Å². The molecule has 3 heterocycles. The number of methoxy groups -OCH3 is 2. The molecule has 0 aliphatic carbocycles. The number of carboxylic acid groups (broad SMARTS) is 1. The average molecular weight is 575 g/mol. The number of nitrogens with zero attached hydrogens (tertiary/aromatic N) is 2. The number of aromatic nitrogens is 1. The molecule has 1 atom stereocenters. The van der Waals surface area contributed by atoms with Gasteiger partial charge in [-0.05, 0) is 50.2 Å². The van der Waals surface area contributed by atoms with E-state index in [2.05, 4.69) is 4.99 Å². The molecular weight excluding hydrogens is 548 g/mol. The van der Waals surface area contributed by atoms with Gasteiger partial charge in [0.15, 0.2) is 4.80 Å². The van der Waals surface area contributed by atoms with Crippen LogP contribution in [0.3, 0.4) is 0 Å². The van der Waals surface area contributed by atoms with Crippen molar-refractivity contribution in [2.45, 2.75) is 19.9 Å². The Morgan fingerprint density at radius 2 is 1.90 bits per heavy atom. The van der Waals surface area contributed by atoms with Gasteiger partial charge in [-0.2, -0.15) is 0 Å². The van der Waals surface area contributed by atoms with E-state index in [4.69, 9.17) is 18.6 Å². The first-order valence-electron chi connectivity index (χ1n) is 12.6. The van der Waals surface area contributed by atoms with E-state index in [1.54, 1.807) is 68.5 Å². The third kappa shape index (κ3) is 5.07. The Labute approximate surface area is 238 Å². The minimum atomic E-state index is -1.08. The van der Waals surface area contributed by atoms with E-state index < -0.39 is 23.5 Å². The molecule has 0 saturated carbocycles. The molecule has 1 unspecified atom stereocenters. The minimum absolute atomic E-state index is 0.0991. The van der Waals surface area contributed by atoms with E-state index in [9.17, 15) is 19.5 Å². The van der Waals surface area contributed by atoms with Crippen molar-refractivity contribution in [1.29, 1.82) is 0 Å². The lowest BCUT2D eigenvalue weighted by Crippen LogP contribution is -2.40.